The number of thiazole rings is 1. The van der Waals surface area contributed by atoms with Crippen LogP contribution >= 0.6 is 11.3 Å². The maximum Gasteiger partial charge on any atom is 0.140 e. The van der Waals surface area contributed by atoms with Crippen molar-refractivity contribution >= 4 is 11.3 Å². The number of rotatable bonds is 7. The molecule has 2 rings (SSSR count). The van der Waals surface area contributed by atoms with Crippen molar-refractivity contribution in [3.05, 3.63) is 44.9 Å². The second-order valence-electron chi connectivity index (χ2n) is 5.32. The van der Waals surface area contributed by atoms with E-state index < -0.39 is 0 Å². The summed E-state index contributed by atoms with van der Waals surface area (Å²) in [6.45, 7) is 7.80. The largest absolute Gasteiger partial charge is 0.486 e. The lowest BCUT2D eigenvalue weighted by molar-refractivity contribution is 0.303. The summed E-state index contributed by atoms with van der Waals surface area (Å²) < 4.78 is 5.93. The number of ether oxygens (including phenoxy) is 1. The van der Waals surface area contributed by atoms with Gasteiger partial charge in [0.1, 0.15) is 17.4 Å². The van der Waals surface area contributed by atoms with Gasteiger partial charge in [0, 0.05) is 11.4 Å². The molecule has 0 aliphatic carbocycles. The third-order valence-electron chi connectivity index (χ3n) is 3.33. The fourth-order valence-electron chi connectivity index (χ4n) is 2.33. The van der Waals surface area contributed by atoms with Gasteiger partial charge < -0.3 is 10.1 Å². The van der Waals surface area contributed by atoms with Crippen LogP contribution in [-0.4, -0.2) is 12.0 Å². The van der Waals surface area contributed by atoms with Crippen molar-refractivity contribution in [3.63, 3.8) is 0 Å². The first-order valence-corrected chi connectivity index (χ1v) is 8.27. The van der Waals surface area contributed by atoms with Crippen molar-refractivity contribution in [3.8, 4) is 5.75 Å². The lowest BCUT2D eigenvalue weighted by Crippen LogP contribution is -2.05. The highest BCUT2D eigenvalue weighted by Gasteiger charge is 2.11. The van der Waals surface area contributed by atoms with Gasteiger partial charge in [0.05, 0.1) is 5.69 Å². The maximum absolute atomic E-state index is 5.93. The van der Waals surface area contributed by atoms with E-state index in [2.05, 4.69) is 38.2 Å². The molecule has 1 aromatic carbocycles. The van der Waals surface area contributed by atoms with Crippen molar-refractivity contribution in [2.75, 3.05) is 7.05 Å². The zero-order chi connectivity index (χ0) is 15.2. The van der Waals surface area contributed by atoms with Gasteiger partial charge in [0.2, 0.25) is 0 Å². The molecule has 4 heteroatoms. The second-order valence-corrected chi connectivity index (χ2v) is 6.48. The quantitative estimate of drug-likeness (QED) is 0.839. The van der Waals surface area contributed by atoms with Crippen LogP contribution in [0.4, 0.5) is 0 Å². The van der Waals surface area contributed by atoms with Crippen LogP contribution in [0.3, 0.4) is 0 Å². The van der Waals surface area contributed by atoms with Crippen molar-refractivity contribution in [1.82, 2.24) is 10.3 Å². The molecule has 21 heavy (non-hydrogen) atoms. The summed E-state index contributed by atoms with van der Waals surface area (Å²) in [5.74, 6) is 0.947. The van der Waals surface area contributed by atoms with Gasteiger partial charge >= 0.3 is 0 Å². The van der Waals surface area contributed by atoms with Crippen LogP contribution in [0.25, 0.3) is 0 Å². The molecule has 114 valence electrons. The molecule has 0 spiro atoms. The van der Waals surface area contributed by atoms with Crippen LogP contribution in [0.15, 0.2) is 18.2 Å². The van der Waals surface area contributed by atoms with Crippen molar-refractivity contribution in [2.45, 2.75) is 46.8 Å². The van der Waals surface area contributed by atoms with Crippen LogP contribution < -0.4 is 10.1 Å². The first-order chi connectivity index (χ1) is 10.1. The minimum absolute atomic E-state index is 0.551. The molecule has 0 atom stereocenters. The van der Waals surface area contributed by atoms with Crippen LogP contribution in [0.1, 0.15) is 40.1 Å². The smallest absolute Gasteiger partial charge is 0.140 e. The Labute approximate surface area is 131 Å². The number of hydrogen-bond donors (Lipinski definition) is 1. The number of nitrogens with one attached hydrogen (secondary N) is 1. The van der Waals surface area contributed by atoms with Gasteiger partial charge in [-0.05, 0) is 38.9 Å². The van der Waals surface area contributed by atoms with Crippen LogP contribution in [0, 0.1) is 13.8 Å². The van der Waals surface area contributed by atoms with E-state index in [0.29, 0.717) is 6.61 Å². The van der Waals surface area contributed by atoms with Gasteiger partial charge in [-0.3, -0.25) is 0 Å². The highest BCUT2D eigenvalue weighted by Crippen LogP contribution is 2.24. The molecule has 1 aromatic heterocycles. The topological polar surface area (TPSA) is 34.1 Å². The number of hydrogen-bond acceptors (Lipinski definition) is 4. The summed E-state index contributed by atoms with van der Waals surface area (Å²) >= 11 is 1.75. The monoisotopic (exact) mass is 304 g/mol. The molecule has 1 heterocycles. The Balaban J connectivity index is 2.07. The minimum Gasteiger partial charge on any atom is -0.486 e. The predicted octanol–water partition coefficient (Wildman–Crippen LogP) is 4.01. The van der Waals surface area contributed by atoms with E-state index in [-0.39, 0.29) is 0 Å². The Morgan fingerprint density at radius 3 is 2.76 bits per heavy atom. The zero-order valence-electron chi connectivity index (χ0n) is 13.3. The first kappa shape index (κ1) is 16.0. The zero-order valence-corrected chi connectivity index (χ0v) is 14.1. The molecular formula is C17H24N2OS. The molecule has 1 N–H and O–H groups in total. The summed E-state index contributed by atoms with van der Waals surface area (Å²) in [6, 6.07) is 6.27. The average Bonchev–Trinajstić information content (AvgIpc) is 2.81. The molecule has 0 aliphatic rings. The van der Waals surface area contributed by atoms with Gasteiger partial charge in [-0.2, -0.15) is 0 Å². The molecule has 0 saturated carbocycles. The van der Waals surface area contributed by atoms with Crippen molar-refractivity contribution in [1.29, 1.82) is 0 Å². The SMILES string of the molecule is CCCc1nc(COc2ccc(C)cc2C)sc1CNC. The Kier molecular flexibility index (Phi) is 5.76. The van der Waals surface area contributed by atoms with Gasteiger partial charge in [-0.15, -0.1) is 11.3 Å². The summed E-state index contributed by atoms with van der Waals surface area (Å²) in [4.78, 5) is 6.07. The van der Waals surface area contributed by atoms with E-state index in [4.69, 9.17) is 9.72 Å². The number of benzene rings is 1. The first-order valence-electron chi connectivity index (χ1n) is 7.46. The van der Waals surface area contributed by atoms with Crippen molar-refractivity contribution < 1.29 is 4.74 Å². The number of aromatic nitrogens is 1. The molecule has 0 bridgehead atoms. The normalized spacial score (nSPS) is 10.9. The van der Waals surface area contributed by atoms with Crippen LogP contribution in [0.5, 0.6) is 5.75 Å². The molecule has 0 amide bonds. The van der Waals surface area contributed by atoms with Crippen LogP contribution in [-0.2, 0) is 19.6 Å². The minimum atomic E-state index is 0.551. The molecular weight excluding hydrogens is 280 g/mol. The number of nitrogens with zero attached hydrogens (tertiary/aromatic N) is 1. The fourth-order valence-corrected chi connectivity index (χ4v) is 3.37. The Morgan fingerprint density at radius 2 is 2.10 bits per heavy atom. The van der Waals surface area contributed by atoms with Crippen molar-refractivity contribution in [2.24, 2.45) is 0 Å². The van der Waals surface area contributed by atoms with E-state index in [9.17, 15) is 0 Å². The summed E-state index contributed by atoms with van der Waals surface area (Å²) in [7, 11) is 1.97. The molecule has 0 saturated heterocycles. The third kappa shape index (κ3) is 4.29. The van der Waals surface area contributed by atoms with E-state index in [1.165, 1.54) is 21.7 Å². The highest BCUT2D eigenvalue weighted by molar-refractivity contribution is 7.11. The van der Waals surface area contributed by atoms with Gasteiger partial charge in [0.25, 0.3) is 0 Å². The molecule has 0 radical (unpaired) electrons. The maximum atomic E-state index is 5.93. The third-order valence-corrected chi connectivity index (χ3v) is 4.40. The lowest BCUT2D eigenvalue weighted by atomic mass is 10.1. The highest BCUT2D eigenvalue weighted by atomic mass is 32.1. The van der Waals surface area contributed by atoms with Gasteiger partial charge in [-0.1, -0.05) is 31.0 Å². The van der Waals surface area contributed by atoms with E-state index in [1.807, 2.05) is 13.1 Å². The standard InChI is InChI=1S/C17H24N2OS/c1-5-6-14-16(10-18-4)21-17(19-14)11-20-15-8-7-12(2)9-13(15)3/h7-9,18H,5-6,10-11H2,1-4H3. The Hall–Kier alpha value is -1.39. The molecule has 0 fully saturated rings. The molecule has 0 aliphatic heterocycles. The second kappa shape index (κ2) is 7.57. The average molecular weight is 304 g/mol. The fraction of sp³-hybridized carbons (Fsp3) is 0.471. The van der Waals surface area contributed by atoms with Crippen LogP contribution in [0.2, 0.25) is 0 Å². The Morgan fingerprint density at radius 1 is 1.29 bits per heavy atom. The molecule has 2 aromatic rings. The molecule has 0 unspecified atom stereocenters. The van der Waals surface area contributed by atoms with E-state index in [1.54, 1.807) is 11.3 Å². The lowest BCUT2D eigenvalue weighted by Gasteiger charge is -2.08. The summed E-state index contributed by atoms with van der Waals surface area (Å²) in [5.41, 5.74) is 3.66. The summed E-state index contributed by atoms with van der Waals surface area (Å²) in [6.07, 6.45) is 2.16. The van der Waals surface area contributed by atoms with E-state index >= 15 is 0 Å². The Bertz CT molecular complexity index is 569. The molecule has 3 nitrogen and oxygen atoms in total. The van der Waals surface area contributed by atoms with Gasteiger partial charge in [0.15, 0.2) is 0 Å². The predicted molar refractivity (Wildman–Crippen MR) is 89.1 cm³/mol. The van der Waals surface area contributed by atoms with Gasteiger partial charge in [-0.25, -0.2) is 4.98 Å². The summed E-state index contributed by atoms with van der Waals surface area (Å²) in [5, 5.41) is 4.27. The number of aryl methyl sites for hydroxylation is 3. The van der Waals surface area contributed by atoms with E-state index in [0.717, 1.165) is 30.1 Å².